The normalized spacial score (nSPS) is 10.7. The van der Waals surface area contributed by atoms with Crippen molar-refractivity contribution in [3.8, 4) is 17.2 Å². The van der Waals surface area contributed by atoms with E-state index in [0.717, 1.165) is 21.3 Å². The highest BCUT2D eigenvalue weighted by Crippen LogP contribution is 2.37. The largest absolute Gasteiger partial charge is 0.395 e. The molecule has 0 aliphatic carbocycles. The van der Waals surface area contributed by atoms with Crippen LogP contribution < -0.4 is 5.32 Å². The third kappa shape index (κ3) is 3.09. The van der Waals surface area contributed by atoms with Gasteiger partial charge in [-0.2, -0.15) is 5.26 Å². The fourth-order valence-corrected chi connectivity index (χ4v) is 3.18. The first-order valence-electron chi connectivity index (χ1n) is 7.20. The molecule has 0 aliphatic rings. The minimum Gasteiger partial charge on any atom is -0.395 e. The average molecular weight is 362 g/mol. The van der Waals surface area contributed by atoms with Gasteiger partial charge in [-0.3, -0.25) is 0 Å². The first-order chi connectivity index (χ1) is 10.5. The summed E-state index contributed by atoms with van der Waals surface area (Å²) >= 11 is 3.55. The van der Waals surface area contributed by atoms with Gasteiger partial charge in [-0.15, -0.1) is 0 Å². The van der Waals surface area contributed by atoms with Crippen LogP contribution in [0.15, 0.2) is 16.6 Å². The van der Waals surface area contributed by atoms with Crippen LogP contribution in [0.2, 0.25) is 0 Å². The lowest BCUT2D eigenvalue weighted by atomic mass is 9.94. The highest BCUT2D eigenvalue weighted by atomic mass is 79.9. The van der Waals surface area contributed by atoms with Gasteiger partial charge >= 0.3 is 0 Å². The van der Waals surface area contributed by atoms with Crippen LogP contribution in [0, 0.1) is 32.1 Å². The van der Waals surface area contributed by atoms with Crippen molar-refractivity contribution >= 4 is 15.9 Å². The molecule has 116 valence electrons. The number of aliphatic hydroxyl groups excluding tert-OH is 1. The topological polar surface area (TPSA) is 71.8 Å². The van der Waals surface area contributed by atoms with Gasteiger partial charge in [0.05, 0.1) is 11.1 Å². The van der Waals surface area contributed by atoms with Crippen molar-refractivity contribution in [2.75, 3.05) is 13.2 Å². The van der Waals surface area contributed by atoms with Gasteiger partial charge in [-0.25, -0.2) is 0 Å². The molecule has 0 fully saturated rings. The minimum absolute atomic E-state index is 0.0883. The maximum Gasteiger partial charge on any atom is 0.132 e. The second-order valence-electron chi connectivity index (χ2n) is 5.36. The van der Waals surface area contributed by atoms with Crippen LogP contribution in [0.4, 0.5) is 0 Å². The number of H-pyrrole nitrogens is 1. The van der Waals surface area contributed by atoms with E-state index in [-0.39, 0.29) is 6.61 Å². The molecule has 0 saturated heterocycles. The Morgan fingerprint density at radius 1 is 1.27 bits per heavy atom. The molecular weight excluding hydrogens is 342 g/mol. The average Bonchev–Trinajstić information content (AvgIpc) is 2.82. The van der Waals surface area contributed by atoms with Crippen LogP contribution in [0.25, 0.3) is 11.1 Å². The molecule has 0 spiro atoms. The van der Waals surface area contributed by atoms with E-state index in [1.807, 2.05) is 0 Å². The van der Waals surface area contributed by atoms with Crippen LogP contribution >= 0.6 is 15.9 Å². The number of nitrogens with one attached hydrogen (secondary N) is 2. The van der Waals surface area contributed by atoms with E-state index in [2.05, 4.69) is 65.2 Å². The number of aliphatic hydroxyl groups is 1. The Morgan fingerprint density at radius 2 is 2.00 bits per heavy atom. The van der Waals surface area contributed by atoms with Crippen molar-refractivity contribution in [1.29, 1.82) is 5.26 Å². The van der Waals surface area contributed by atoms with Crippen molar-refractivity contribution < 1.29 is 5.11 Å². The molecule has 1 aromatic heterocycles. The molecule has 2 rings (SSSR count). The fraction of sp³-hybridized carbons (Fsp3) is 0.353. The molecule has 0 saturated carbocycles. The number of hydrogen-bond donors (Lipinski definition) is 3. The number of aryl methyl sites for hydroxylation is 1. The Labute approximate surface area is 139 Å². The predicted octanol–water partition coefficient (Wildman–Crippen LogP) is 3.32. The van der Waals surface area contributed by atoms with E-state index in [4.69, 9.17) is 5.11 Å². The number of nitriles is 1. The third-order valence-electron chi connectivity index (χ3n) is 4.05. The lowest BCUT2D eigenvalue weighted by Crippen LogP contribution is -2.18. The second-order valence-corrected chi connectivity index (χ2v) is 6.15. The summed E-state index contributed by atoms with van der Waals surface area (Å²) in [5.74, 6) is 0. The van der Waals surface area contributed by atoms with E-state index < -0.39 is 0 Å². The molecule has 0 unspecified atom stereocenters. The van der Waals surface area contributed by atoms with Crippen molar-refractivity contribution in [1.82, 2.24) is 10.3 Å². The maximum atomic E-state index is 9.27. The van der Waals surface area contributed by atoms with Crippen LogP contribution in [0.3, 0.4) is 0 Å². The SMILES string of the molecule is Cc1ccc(-c2c(CNCCO)[nH]c(C#N)c2Br)c(C)c1C. The van der Waals surface area contributed by atoms with Gasteiger partial charge in [0.15, 0.2) is 0 Å². The summed E-state index contributed by atoms with van der Waals surface area (Å²) in [6.45, 7) is 7.50. The van der Waals surface area contributed by atoms with Gasteiger partial charge < -0.3 is 15.4 Å². The van der Waals surface area contributed by atoms with Crippen LogP contribution in [-0.2, 0) is 6.54 Å². The van der Waals surface area contributed by atoms with E-state index in [0.29, 0.717) is 18.8 Å². The molecule has 1 heterocycles. The lowest BCUT2D eigenvalue weighted by molar-refractivity contribution is 0.292. The van der Waals surface area contributed by atoms with Crippen molar-refractivity contribution in [2.24, 2.45) is 0 Å². The Balaban J connectivity index is 2.56. The molecule has 0 amide bonds. The summed E-state index contributed by atoms with van der Waals surface area (Å²) in [4.78, 5) is 3.17. The zero-order chi connectivity index (χ0) is 16.3. The first kappa shape index (κ1) is 16.8. The minimum atomic E-state index is 0.0883. The van der Waals surface area contributed by atoms with Gasteiger partial charge in [0, 0.05) is 24.3 Å². The van der Waals surface area contributed by atoms with Crippen LogP contribution in [0.1, 0.15) is 28.1 Å². The molecule has 5 heteroatoms. The molecule has 0 radical (unpaired) electrons. The van der Waals surface area contributed by atoms with Gasteiger partial charge in [0.2, 0.25) is 0 Å². The van der Waals surface area contributed by atoms with Crippen LogP contribution in [-0.4, -0.2) is 23.2 Å². The number of hydrogen-bond acceptors (Lipinski definition) is 3. The Kier molecular flexibility index (Phi) is 5.41. The number of aromatic amines is 1. The van der Waals surface area contributed by atoms with Gasteiger partial charge in [-0.05, 0) is 59.0 Å². The van der Waals surface area contributed by atoms with Crippen molar-refractivity contribution in [3.05, 3.63) is 44.7 Å². The Morgan fingerprint density at radius 3 is 2.64 bits per heavy atom. The summed E-state index contributed by atoms with van der Waals surface area (Å²) in [6.07, 6.45) is 0. The van der Waals surface area contributed by atoms with E-state index in [1.54, 1.807) is 0 Å². The lowest BCUT2D eigenvalue weighted by Gasteiger charge is -2.13. The van der Waals surface area contributed by atoms with Crippen molar-refractivity contribution in [2.45, 2.75) is 27.3 Å². The predicted molar refractivity (Wildman–Crippen MR) is 91.6 cm³/mol. The molecule has 0 aliphatic heterocycles. The Hall–Kier alpha value is -1.61. The highest BCUT2D eigenvalue weighted by molar-refractivity contribution is 9.10. The maximum absolute atomic E-state index is 9.27. The standard InChI is InChI=1S/C17H20BrN3O/c1-10-4-5-13(12(3)11(10)2)16-15(9-20-6-7-22)21-14(8-19)17(16)18/h4-5,20-22H,6-7,9H2,1-3H3. The third-order valence-corrected chi connectivity index (χ3v) is 4.84. The Bertz CT molecular complexity index is 728. The molecular formula is C17H20BrN3O. The van der Waals surface area contributed by atoms with E-state index >= 15 is 0 Å². The number of benzene rings is 1. The molecule has 0 bridgehead atoms. The van der Waals surface area contributed by atoms with E-state index in [1.165, 1.54) is 16.7 Å². The molecule has 3 N–H and O–H groups in total. The second kappa shape index (κ2) is 7.10. The monoisotopic (exact) mass is 361 g/mol. The quantitative estimate of drug-likeness (QED) is 0.715. The number of aromatic nitrogens is 1. The molecule has 1 aromatic carbocycles. The highest BCUT2D eigenvalue weighted by Gasteiger charge is 2.19. The summed E-state index contributed by atoms with van der Waals surface area (Å²) < 4.78 is 0.794. The summed E-state index contributed by atoms with van der Waals surface area (Å²) in [6, 6.07) is 6.39. The zero-order valence-corrected chi connectivity index (χ0v) is 14.6. The number of halogens is 1. The summed E-state index contributed by atoms with van der Waals surface area (Å²) in [7, 11) is 0. The smallest absolute Gasteiger partial charge is 0.132 e. The summed E-state index contributed by atoms with van der Waals surface area (Å²) in [5, 5.41) is 21.3. The summed E-state index contributed by atoms with van der Waals surface area (Å²) in [5.41, 5.74) is 7.34. The van der Waals surface area contributed by atoms with Crippen LogP contribution in [0.5, 0.6) is 0 Å². The van der Waals surface area contributed by atoms with Crippen molar-refractivity contribution in [3.63, 3.8) is 0 Å². The van der Waals surface area contributed by atoms with E-state index in [9.17, 15) is 5.26 Å². The molecule has 2 aromatic rings. The zero-order valence-electron chi connectivity index (χ0n) is 13.0. The molecule has 4 nitrogen and oxygen atoms in total. The van der Waals surface area contributed by atoms with Gasteiger partial charge in [0.1, 0.15) is 11.8 Å². The molecule has 22 heavy (non-hydrogen) atoms. The number of rotatable bonds is 5. The number of nitrogens with zero attached hydrogens (tertiary/aromatic N) is 1. The van der Waals surface area contributed by atoms with Gasteiger partial charge in [0.25, 0.3) is 0 Å². The van der Waals surface area contributed by atoms with Gasteiger partial charge in [-0.1, -0.05) is 12.1 Å². The first-order valence-corrected chi connectivity index (χ1v) is 7.99. The molecule has 0 atom stereocenters. The fourth-order valence-electron chi connectivity index (χ4n) is 2.54.